The van der Waals surface area contributed by atoms with E-state index in [4.69, 9.17) is 19.2 Å². The third-order valence-electron chi connectivity index (χ3n) is 5.18. The SMILES string of the molecule is CCNC(=NCc1ccc(OC)c(OC)c1)NCC(C)(C)N1CC(C)OC(C)C1.I. The molecule has 0 spiro atoms. The van der Waals surface area contributed by atoms with Gasteiger partial charge in [-0.15, -0.1) is 24.0 Å². The lowest BCUT2D eigenvalue weighted by atomic mass is 10.00. The van der Waals surface area contributed by atoms with Crippen molar-refractivity contribution in [2.45, 2.75) is 58.9 Å². The molecule has 0 aromatic heterocycles. The number of methoxy groups -OCH3 is 2. The summed E-state index contributed by atoms with van der Waals surface area (Å²) in [6.07, 6.45) is 0.509. The Hall–Kier alpha value is -1.26. The summed E-state index contributed by atoms with van der Waals surface area (Å²) in [6, 6.07) is 5.88. The molecule has 2 unspecified atom stereocenters. The highest BCUT2D eigenvalue weighted by Gasteiger charge is 2.33. The van der Waals surface area contributed by atoms with Gasteiger partial charge < -0.3 is 24.8 Å². The van der Waals surface area contributed by atoms with E-state index >= 15 is 0 Å². The van der Waals surface area contributed by atoms with E-state index in [1.807, 2.05) is 18.2 Å². The van der Waals surface area contributed by atoms with Gasteiger partial charge in [0.1, 0.15) is 0 Å². The number of nitrogens with one attached hydrogen (secondary N) is 2. The van der Waals surface area contributed by atoms with Crippen LogP contribution in [-0.2, 0) is 11.3 Å². The summed E-state index contributed by atoms with van der Waals surface area (Å²) in [5.74, 6) is 2.25. The van der Waals surface area contributed by atoms with Crippen molar-refractivity contribution < 1.29 is 14.2 Å². The number of benzene rings is 1. The van der Waals surface area contributed by atoms with Gasteiger partial charge in [0.25, 0.3) is 0 Å². The summed E-state index contributed by atoms with van der Waals surface area (Å²) in [4.78, 5) is 7.24. The number of guanidine groups is 1. The number of ether oxygens (including phenoxy) is 3. The molecule has 2 atom stereocenters. The van der Waals surface area contributed by atoms with Crippen molar-refractivity contribution in [3.63, 3.8) is 0 Å². The van der Waals surface area contributed by atoms with Crippen molar-refractivity contribution in [2.24, 2.45) is 4.99 Å². The van der Waals surface area contributed by atoms with Crippen LogP contribution in [0.15, 0.2) is 23.2 Å². The fourth-order valence-electron chi connectivity index (χ4n) is 3.58. The van der Waals surface area contributed by atoms with Gasteiger partial charge in [0.05, 0.1) is 33.0 Å². The van der Waals surface area contributed by atoms with Crippen LogP contribution in [-0.4, -0.2) is 69.0 Å². The summed E-state index contributed by atoms with van der Waals surface area (Å²) >= 11 is 0. The van der Waals surface area contributed by atoms with Crippen LogP contribution in [0, 0.1) is 0 Å². The third kappa shape index (κ3) is 7.77. The van der Waals surface area contributed by atoms with Crippen LogP contribution >= 0.6 is 24.0 Å². The van der Waals surface area contributed by atoms with E-state index in [0.29, 0.717) is 6.54 Å². The van der Waals surface area contributed by atoms with Gasteiger partial charge in [-0.2, -0.15) is 0 Å². The molecule has 1 aliphatic rings. The highest BCUT2D eigenvalue weighted by Crippen LogP contribution is 2.27. The third-order valence-corrected chi connectivity index (χ3v) is 5.18. The Balaban J connectivity index is 0.00000450. The first-order chi connectivity index (χ1) is 13.8. The Kier molecular flexibility index (Phi) is 11.2. The summed E-state index contributed by atoms with van der Waals surface area (Å²) in [6.45, 7) is 14.9. The fourth-order valence-corrected chi connectivity index (χ4v) is 3.58. The number of rotatable bonds is 8. The average Bonchev–Trinajstić information content (AvgIpc) is 2.69. The maximum absolute atomic E-state index is 5.88. The van der Waals surface area contributed by atoms with E-state index in [1.165, 1.54) is 0 Å². The van der Waals surface area contributed by atoms with Crippen molar-refractivity contribution in [3.05, 3.63) is 23.8 Å². The van der Waals surface area contributed by atoms with Crippen molar-refractivity contribution in [2.75, 3.05) is 40.4 Å². The Morgan fingerprint density at radius 3 is 2.33 bits per heavy atom. The van der Waals surface area contributed by atoms with Gasteiger partial charge in [0.15, 0.2) is 17.5 Å². The number of hydrogen-bond acceptors (Lipinski definition) is 5. The summed E-state index contributed by atoms with van der Waals surface area (Å²) in [5.41, 5.74) is 1.06. The van der Waals surface area contributed by atoms with Gasteiger partial charge in [-0.1, -0.05) is 6.07 Å². The Morgan fingerprint density at radius 2 is 1.77 bits per heavy atom. The molecule has 0 bridgehead atoms. The van der Waals surface area contributed by atoms with Crippen LogP contribution in [0.25, 0.3) is 0 Å². The second kappa shape index (κ2) is 12.6. The molecule has 0 radical (unpaired) electrons. The largest absolute Gasteiger partial charge is 0.493 e. The van der Waals surface area contributed by atoms with Gasteiger partial charge in [0, 0.05) is 31.7 Å². The number of halogens is 1. The van der Waals surface area contributed by atoms with Crippen LogP contribution in [0.1, 0.15) is 40.2 Å². The fraction of sp³-hybridized carbons (Fsp3) is 0.682. The van der Waals surface area contributed by atoms with Crippen LogP contribution in [0.5, 0.6) is 11.5 Å². The molecule has 30 heavy (non-hydrogen) atoms. The summed E-state index contributed by atoms with van der Waals surface area (Å²) in [5, 5.41) is 6.85. The smallest absolute Gasteiger partial charge is 0.191 e. The molecule has 2 N–H and O–H groups in total. The standard InChI is InChI=1S/C22H38N4O3.HI/c1-8-23-21(24-12-18-9-10-19(27-6)20(11-18)28-7)25-15-22(4,5)26-13-16(2)29-17(3)14-26;/h9-11,16-17H,8,12-15H2,1-7H3,(H2,23,24,25);1H. The van der Waals surface area contributed by atoms with Crippen molar-refractivity contribution in [3.8, 4) is 11.5 Å². The average molecular weight is 534 g/mol. The van der Waals surface area contributed by atoms with Crippen LogP contribution in [0.2, 0.25) is 0 Å². The molecule has 1 aromatic carbocycles. The molecule has 8 heteroatoms. The highest BCUT2D eigenvalue weighted by molar-refractivity contribution is 14.0. The maximum atomic E-state index is 5.88. The molecule has 7 nitrogen and oxygen atoms in total. The van der Waals surface area contributed by atoms with Crippen LogP contribution in [0.3, 0.4) is 0 Å². The number of aliphatic imine (C=N–C) groups is 1. The molecule has 1 saturated heterocycles. The van der Waals surface area contributed by atoms with Crippen LogP contribution in [0.4, 0.5) is 0 Å². The second-order valence-electron chi connectivity index (χ2n) is 8.21. The first-order valence-corrected chi connectivity index (χ1v) is 10.4. The van der Waals surface area contributed by atoms with Gasteiger partial charge in [0.2, 0.25) is 0 Å². The molecule has 172 valence electrons. The Morgan fingerprint density at radius 1 is 1.13 bits per heavy atom. The minimum absolute atomic E-state index is 0. The topological polar surface area (TPSA) is 67.4 Å². The molecule has 1 heterocycles. The van der Waals surface area contributed by atoms with Gasteiger partial charge in [-0.25, -0.2) is 4.99 Å². The van der Waals surface area contributed by atoms with E-state index in [1.54, 1.807) is 14.2 Å². The van der Waals surface area contributed by atoms with Crippen LogP contribution < -0.4 is 20.1 Å². The summed E-state index contributed by atoms with van der Waals surface area (Å²) < 4.78 is 16.6. The van der Waals surface area contributed by atoms with Gasteiger partial charge in [-0.05, 0) is 52.3 Å². The quantitative estimate of drug-likeness (QED) is 0.303. The van der Waals surface area contributed by atoms with E-state index in [2.05, 4.69) is 50.2 Å². The Bertz CT molecular complexity index is 674. The number of nitrogens with zero attached hydrogens (tertiary/aromatic N) is 2. The van der Waals surface area contributed by atoms with E-state index in [9.17, 15) is 0 Å². The van der Waals surface area contributed by atoms with E-state index < -0.39 is 0 Å². The zero-order chi connectivity index (χ0) is 21.4. The first-order valence-electron chi connectivity index (χ1n) is 10.4. The number of hydrogen-bond donors (Lipinski definition) is 2. The first kappa shape index (κ1) is 26.8. The minimum atomic E-state index is -0.00811. The van der Waals surface area contributed by atoms with Crippen molar-refractivity contribution in [1.29, 1.82) is 0 Å². The monoisotopic (exact) mass is 534 g/mol. The van der Waals surface area contributed by atoms with Crippen molar-refractivity contribution in [1.82, 2.24) is 15.5 Å². The molecule has 0 saturated carbocycles. The molecule has 0 amide bonds. The minimum Gasteiger partial charge on any atom is -0.493 e. The lowest BCUT2D eigenvalue weighted by molar-refractivity contribution is -0.0946. The summed E-state index contributed by atoms with van der Waals surface area (Å²) in [7, 11) is 3.28. The molecule has 1 aliphatic heterocycles. The number of morpholine rings is 1. The molecule has 2 rings (SSSR count). The zero-order valence-corrected chi connectivity index (χ0v) is 21.8. The van der Waals surface area contributed by atoms with Gasteiger partial charge in [-0.3, -0.25) is 4.90 Å². The zero-order valence-electron chi connectivity index (χ0n) is 19.4. The predicted octanol–water partition coefficient (Wildman–Crippen LogP) is 3.26. The van der Waals surface area contributed by atoms with Gasteiger partial charge >= 0.3 is 0 Å². The van der Waals surface area contributed by atoms with E-state index in [-0.39, 0.29) is 41.7 Å². The normalized spacial score (nSPS) is 20.3. The molecular weight excluding hydrogens is 495 g/mol. The molecule has 0 aliphatic carbocycles. The Labute approximate surface area is 199 Å². The second-order valence-corrected chi connectivity index (χ2v) is 8.21. The molecule has 1 fully saturated rings. The van der Waals surface area contributed by atoms with E-state index in [0.717, 1.165) is 49.2 Å². The highest BCUT2D eigenvalue weighted by atomic mass is 127. The maximum Gasteiger partial charge on any atom is 0.191 e. The lowest BCUT2D eigenvalue weighted by Crippen LogP contribution is -2.59. The van der Waals surface area contributed by atoms with Crippen molar-refractivity contribution >= 4 is 29.9 Å². The lowest BCUT2D eigenvalue weighted by Gasteiger charge is -2.45. The molecular formula is C22H39IN4O3. The predicted molar refractivity (Wildman–Crippen MR) is 133 cm³/mol. The molecule has 1 aromatic rings.